The van der Waals surface area contributed by atoms with Gasteiger partial charge in [-0.15, -0.1) is 11.3 Å². The fraction of sp³-hybridized carbons (Fsp3) is 0.500. The van der Waals surface area contributed by atoms with E-state index in [0.29, 0.717) is 10.4 Å². The monoisotopic (exact) mass is 263 g/mol. The van der Waals surface area contributed by atoms with Gasteiger partial charge < -0.3 is 10.4 Å². The van der Waals surface area contributed by atoms with Gasteiger partial charge in [0, 0.05) is 12.1 Å². The Morgan fingerprint density at radius 3 is 3.06 bits per heavy atom. The van der Waals surface area contributed by atoms with Crippen molar-refractivity contribution in [1.82, 2.24) is 5.32 Å². The third-order valence-electron chi connectivity index (χ3n) is 3.24. The standard InChI is InChI=1S/C14H17NO2S/c16-9-2-5-12-7-10-18-13(12)14(17)15-8-6-11-3-1-4-11/h7,10-11,16H,1,3-4,6,8-9H2,(H,15,17). The molecule has 18 heavy (non-hydrogen) atoms. The van der Waals surface area contributed by atoms with E-state index in [2.05, 4.69) is 17.2 Å². The number of hydrogen-bond acceptors (Lipinski definition) is 3. The first-order valence-corrected chi connectivity index (χ1v) is 7.14. The van der Waals surface area contributed by atoms with Crippen molar-refractivity contribution in [2.45, 2.75) is 25.7 Å². The predicted molar refractivity (Wildman–Crippen MR) is 72.6 cm³/mol. The largest absolute Gasteiger partial charge is 0.384 e. The summed E-state index contributed by atoms with van der Waals surface area (Å²) in [5.74, 6) is 6.12. The zero-order chi connectivity index (χ0) is 12.8. The van der Waals surface area contributed by atoms with E-state index >= 15 is 0 Å². The van der Waals surface area contributed by atoms with Gasteiger partial charge in [0.25, 0.3) is 5.91 Å². The lowest BCUT2D eigenvalue weighted by atomic mass is 9.83. The van der Waals surface area contributed by atoms with Crippen molar-refractivity contribution >= 4 is 17.2 Å². The van der Waals surface area contributed by atoms with Gasteiger partial charge in [0.1, 0.15) is 11.5 Å². The van der Waals surface area contributed by atoms with Crippen LogP contribution in [0, 0.1) is 17.8 Å². The summed E-state index contributed by atoms with van der Waals surface area (Å²) >= 11 is 1.39. The maximum atomic E-state index is 11.9. The summed E-state index contributed by atoms with van der Waals surface area (Å²) in [6, 6.07) is 1.81. The van der Waals surface area contributed by atoms with Crippen LogP contribution in [0.4, 0.5) is 0 Å². The number of rotatable bonds is 4. The first-order chi connectivity index (χ1) is 8.81. The highest BCUT2D eigenvalue weighted by Crippen LogP contribution is 2.28. The fourth-order valence-corrected chi connectivity index (χ4v) is 2.74. The van der Waals surface area contributed by atoms with Gasteiger partial charge >= 0.3 is 0 Å². The highest BCUT2D eigenvalue weighted by Gasteiger charge is 2.17. The molecule has 1 amide bonds. The van der Waals surface area contributed by atoms with Gasteiger partial charge in [0.15, 0.2) is 0 Å². The molecular weight excluding hydrogens is 246 g/mol. The van der Waals surface area contributed by atoms with Crippen molar-refractivity contribution in [3.8, 4) is 11.8 Å². The van der Waals surface area contributed by atoms with Gasteiger partial charge in [-0.3, -0.25) is 4.79 Å². The SMILES string of the molecule is O=C(NCCC1CCC1)c1sccc1C#CCO. The van der Waals surface area contributed by atoms with Gasteiger partial charge in [-0.05, 0) is 23.8 Å². The van der Waals surface area contributed by atoms with E-state index in [1.807, 2.05) is 11.4 Å². The minimum absolute atomic E-state index is 0.0495. The molecule has 1 heterocycles. The highest BCUT2D eigenvalue weighted by atomic mass is 32.1. The molecule has 3 nitrogen and oxygen atoms in total. The Balaban J connectivity index is 1.85. The van der Waals surface area contributed by atoms with Crippen molar-refractivity contribution in [2.24, 2.45) is 5.92 Å². The lowest BCUT2D eigenvalue weighted by molar-refractivity contribution is 0.0953. The Labute approximate surface area is 111 Å². The van der Waals surface area contributed by atoms with E-state index in [4.69, 9.17) is 5.11 Å². The summed E-state index contributed by atoms with van der Waals surface area (Å²) in [7, 11) is 0. The topological polar surface area (TPSA) is 49.3 Å². The second kappa shape index (κ2) is 6.58. The molecule has 0 bridgehead atoms. The lowest BCUT2D eigenvalue weighted by Gasteiger charge is -2.25. The van der Waals surface area contributed by atoms with Crippen LogP contribution in [0.5, 0.6) is 0 Å². The molecule has 2 N–H and O–H groups in total. The number of hydrogen-bond donors (Lipinski definition) is 2. The smallest absolute Gasteiger partial charge is 0.262 e. The molecular formula is C14H17NO2S. The zero-order valence-corrected chi connectivity index (χ0v) is 11.1. The number of thiophene rings is 1. The van der Waals surface area contributed by atoms with E-state index in [0.717, 1.165) is 18.9 Å². The molecule has 2 rings (SSSR count). The third kappa shape index (κ3) is 3.34. The van der Waals surface area contributed by atoms with Crippen molar-refractivity contribution in [3.05, 3.63) is 21.9 Å². The van der Waals surface area contributed by atoms with Gasteiger partial charge in [-0.1, -0.05) is 31.1 Å². The van der Waals surface area contributed by atoms with Crippen LogP contribution >= 0.6 is 11.3 Å². The van der Waals surface area contributed by atoms with Gasteiger partial charge in [-0.2, -0.15) is 0 Å². The first kappa shape index (κ1) is 13.1. The fourth-order valence-electron chi connectivity index (χ4n) is 1.97. The van der Waals surface area contributed by atoms with Crippen molar-refractivity contribution in [3.63, 3.8) is 0 Å². The average molecular weight is 263 g/mol. The molecule has 0 aromatic carbocycles. The number of amides is 1. The molecule has 0 unspecified atom stereocenters. The molecule has 1 aliphatic carbocycles. The highest BCUT2D eigenvalue weighted by molar-refractivity contribution is 7.12. The molecule has 0 saturated heterocycles. The van der Waals surface area contributed by atoms with Crippen molar-refractivity contribution < 1.29 is 9.90 Å². The number of aliphatic hydroxyl groups is 1. The third-order valence-corrected chi connectivity index (χ3v) is 4.15. The first-order valence-electron chi connectivity index (χ1n) is 6.26. The van der Waals surface area contributed by atoms with E-state index in [9.17, 15) is 4.79 Å². The maximum absolute atomic E-state index is 11.9. The lowest BCUT2D eigenvalue weighted by Crippen LogP contribution is -2.27. The molecule has 1 saturated carbocycles. The molecule has 0 aliphatic heterocycles. The molecule has 0 radical (unpaired) electrons. The minimum atomic E-state index is -0.182. The number of carbonyl (C=O) groups is 1. The summed E-state index contributed by atoms with van der Waals surface area (Å²) in [5, 5.41) is 13.5. The second-order valence-electron chi connectivity index (χ2n) is 4.46. The predicted octanol–water partition coefficient (Wildman–Crippen LogP) is 2.01. The van der Waals surface area contributed by atoms with E-state index < -0.39 is 0 Å². The van der Waals surface area contributed by atoms with Gasteiger partial charge in [0.2, 0.25) is 0 Å². The Bertz CT molecular complexity index is 466. The molecule has 96 valence electrons. The van der Waals surface area contributed by atoms with E-state index in [-0.39, 0.29) is 12.5 Å². The number of carbonyl (C=O) groups excluding carboxylic acids is 1. The summed E-state index contributed by atoms with van der Waals surface area (Å²) in [6.07, 6.45) is 5.03. The van der Waals surface area contributed by atoms with Crippen LogP contribution in [0.15, 0.2) is 11.4 Å². The number of nitrogens with one attached hydrogen (secondary N) is 1. The normalized spacial score (nSPS) is 14.5. The summed E-state index contributed by atoms with van der Waals surface area (Å²) in [4.78, 5) is 12.6. The van der Waals surface area contributed by atoms with Crippen LogP contribution in [0.1, 0.15) is 40.9 Å². The average Bonchev–Trinajstić information content (AvgIpc) is 2.77. The van der Waals surface area contributed by atoms with Crippen LogP contribution < -0.4 is 5.32 Å². The second-order valence-corrected chi connectivity index (χ2v) is 5.38. The molecule has 1 aliphatic rings. The molecule has 1 aromatic rings. The molecule has 0 atom stereocenters. The van der Waals surface area contributed by atoms with Crippen LogP contribution in [0.25, 0.3) is 0 Å². The maximum Gasteiger partial charge on any atom is 0.262 e. The quantitative estimate of drug-likeness (QED) is 0.816. The summed E-state index contributed by atoms with van der Waals surface area (Å²) in [6.45, 7) is 0.562. The Morgan fingerprint density at radius 1 is 1.56 bits per heavy atom. The van der Waals surface area contributed by atoms with E-state index in [1.165, 1.54) is 30.6 Å². The summed E-state index contributed by atoms with van der Waals surface area (Å²) < 4.78 is 0. The van der Waals surface area contributed by atoms with Gasteiger partial charge in [-0.25, -0.2) is 0 Å². The molecule has 1 fully saturated rings. The van der Waals surface area contributed by atoms with Gasteiger partial charge in [0.05, 0.1) is 0 Å². The van der Waals surface area contributed by atoms with Crippen LogP contribution in [0.3, 0.4) is 0 Å². The Hall–Kier alpha value is -1.31. The zero-order valence-electron chi connectivity index (χ0n) is 10.2. The van der Waals surface area contributed by atoms with E-state index in [1.54, 1.807) is 0 Å². The van der Waals surface area contributed by atoms with Crippen molar-refractivity contribution in [1.29, 1.82) is 0 Å². The summed E-state index contributed by atoms with van der Waals surface area (Å²) in [5.41, 5.74) is 0.704. The van der Waals surface area contributed by atoms with Crippen LogP contribution in [-0.4, -0.2) is 24.2 Å². The molecule has 1 aromatic heterocycles. The van der Waals surface area contributed by atoms with Crippen LogP contribution in [-0.2, 0) is 0 Å². The molecule has 4 heteroatoms. The van der Waals surface area contributed by atoms with Crippen molar-refractivity contribution in [2.75, 3.05) is 13.2 Å². The Kier molecular flexibility index (Phi) is 4.80. The molecule has 0 spiro atoms. The minimum Gasteiger partial charge on any atom is -0.384 e. The van der Waals surface area contributed by atoms with Crippen LogP contribution in [0.2, 0.25) is 0 Å². The Morgan fingerprint density at radius 2 is 2.39 bits per heavy atom. The number of aliphatic hydroxyl groups excluding tert-OH is 1.